The maximum Gasteiger partial charge on any atom is 0.245 e. The predicted molar refractivity (Wildman–Crippen MR) is 83.4 cm³/mol. The zero-order valence-corrected chi connectivity index (χ0v) is 12.9. The Morgan fingerprint density at radius 2 is 2.05 bits per heavy atom. The molecular formula is C16H21N5O. The van der Waals surface area contributed by atoms with Crippen LogP contribution in [0.1, 0.15) is 18.5 Å². The quantitative estimate of drug-likeness (QED) is 0.804. The van der Waals surface area contributed by atoms with E-state index < -0.39 is 0 Å². The lowest BCUT2D eigenvalue weighted by Crippen LogP contribution is -2.53. The standard InChI is InChI=1S/C16H21N5O/c1-19-8-10-20(11-9-19)16(22)14-5-3-7-21(14)15-6-2-4-13(12-17)18-15/h2,4,6,14H,3,5,7-11H2,1H3. The number of amides is 1. The first-order chi connectivity index (χ1) is 10.7. The van der Waals surface area contributed by atoms with E-state index in [1.165, 1.54) is 0 Å². The van der Waals surface area contributed by atoms with Gasteiger partial charge in [0.15, 0.2) is 0 Å². The van der Waals surface area contributed by atoms with Gasteiger partial charge >= 0.3 is 0 Å². The maximum absolute atomic E-state index is 12.8. The predicted octanol–water partition coefficient (Wildman–Crippen LogP) is 0.696. The summed E-state index contributed by atoms with van der Waals surface area (Å²) in [6, 6.07) is 7.34. The van der Waals surface area contributed by atoms with Crippen LogP contribution in [0.25, 0.3) is 0 Å². The van der Waals surface area contributed by atoms with E-state index >= 15 is 0 Å². The smallest absolute Gasteiger partial charge is 0.245 e. The molecule has 1 amide bonds. The van der Waals surface area contributed by atoms with Crippen molar-refractivity contribution in [2.24, 2.45) is 0 Å². The molecule has 116 valence electrons. The van der Waals surface area contributed by atoms with E-state index in [0.717, 1.165) is 51.4 Å². The summed E-state index contributed by atoms with van der Waals surface area (Å²) in [5.74, 6) is 0.943. The molecule has 0 saturated carbocycles. The van der Waals surface area contributed by atoms with Crippen LogP contribution in [0.2, 0.25) is 0 Å². The minimum absolute atomic E-state index is 0.134. The van der Waals surface area contributed by atoms with Crippen LogP contribution in [-0.4, -0.2) is 66.5 Å². The highest BCUT2D eigenvalue weighted by atomic mass is 16.2. The van der Waals surface area contributed by atoms with Crippen molar-refractivity contribution in [1.29, 1.82) is 5.26 Å². The monoisotopic (exact) mass is 299 g/mol. The third-order valence-corrected chi connectivity index (χ3v) is 4.50. The van der Waals surface area contributed by atoms with Crippen LogP contribution in [0, 0.1) is 11.3 Å². The van der Waals surface area contributed by atoms with Crippen molar-refractivity contribution in [3.63, 3.8) is 0 Å². The van der Waals surface area contributed by atoms with Gasteiger partial charge in [-0.2, -0.15) is 5.26 Å². The molecule has 1 unspecified atom stereocenters. The molecule has 3 rings (SSSR count). The van der Waals surface area contributed by atoms with Crippen molar-refractivity contribution in [2.45, 2.75) is 18.9 Å². The second kappa shape index (κ2) is 6.32. The summed E-state index contributed by atoms with van der Waals surface area (Å²) in [6.07, 6.45) is 1.85. The van der Waals surface area contributed by atoms with Crippen LogP contribution in [0.4, 0.5) is 5.82 Å². The van der Waals surface area contributed by atoms with Gasteiger partial charge in [0.05, 0.1) is 0 Å². The highest BCUT2D eigenvalue weighted by molar-refractivity contribution is 5.85. The maximum atomic E-state index is 12.8. The molecule has 0 radical (unpaired) electrons. The Bertz CT molecular complexity index is 588. The van der Waals surface area contributed by atoms with Gasteiger partial charge in [0.2, 0.25) is 5.91 Å². The van der Waals surface area contributed by atoms with Crippen LogP contribution < -0.4 is 4.90 Å². The summed E-state index contributed by atoms with van der Waals surface area (Å²) >= 11 is 0. The van der Waals surface area contributed by atoms with Crippen LogP contribution in [0.3, 0.4) is 0 Å². The molecule has 2 saturated heterocycles. The van der Waals surface area contributed by atoms with Gasteiger partial charge in [-0.3, -0.25) is 4.79 Å². The first-order valence-electron chi connectivity index (χ1n) is 7.80. The van der Waals surface area contributed by atoms with Gasteiger partial charge in [-0.05, 0) is 32.0 Å². The summed E-state index contributed by atoms with van der Waals surface area (Å²) in [4.78, 5) is 23.4. The minimum Gasteiger partial charge on any atom is -0.345 e. The molecule has 1 atom stereocenters. The number of pyridine rings is 1. The van der Waals surface area contributed by atoms with Crippen molar-refractivity contribution in [1.82, 2.24) is 14.8 Å². The van der Waals surface area contributed by atoms with E-state index in [1.54, 1.807) is 6.07 Å². The summed E-state index contributed by atoms with van der Waals surface area (Å²) in [5.41, 5.74) is 0.398. The number of rotatable bonds is 2. The molecular weight excluding hydrogens is 278 g/mol. The summed E-state index contributed by atoms with van der Waals surface area (Å²) in [6.45, 7) is 4.28. The Labute approximate surface area is 130 Å². The van der Waals surface area contributed by atoms with Gasteiger partial charge < -0.3 is 14.7 Å². The highest BCUT2D eigenvalue weighted by Gasteiger charge is 2.35. The van der Waals surface area contributed by atoms with Crippen molar-refractivity contribution < 1.29 is 4.79 Å². The largest absolute Gasteiger partial charge is 0.345 e. The topological polar surface area (TPSA) is 63.5 Å². The molecule has 1 aromatic rings. The second-order valence-electron chi connectivity index (χ2n) is 5.97. The lowest BCUT2D eigenvalue weighted by molar-refractivity contribution is -0.134. The molecule has 3 heterocycles. The Morgan fingerprint density at radius 3 is 2.77 bits per heavy atom. The van der Waals surface area contributed by atoms with E-state index in [4.69, 9.17) is 5.26 Å². The normalized spacial score (nSPS) is 22.6. The van der Waals surface area contributed by atoms with Crippen LogP contribution in [0.5, 0.6) is 0 Å². The van der Waals surface area contributed by atoms with Gasteiger partial charge in [0.1, 0.15) is 23.6 Å². The van der Waals surface area contributed by atoms with Gasteiger partial charge in [-0.1, -0.05) is 6.07 Å². The Hall–Kier alpha value is -2.13. The number of carbonyl (C=O) groups is 1. The number of nitrogens with zero attached hydrogens (tertiary/aromatic N) is 5. The van der Waals surface area contributed by atoms with Crippen molar-refractivity contribution in [3.8, 4) is 6.07 Å². The molecule has 0 bridgehead atoms. The summed E-state index contributed by atoms with van der Waals surface area (Å²) < 4.78 is 0. The third-order valence-electron chi connectivity index (χ3n) is 4.50. The number of anilines is 1. The molecule has 6 heteroatoms. The number of nitriles is 1. The Morgan fingerprint density at radius 1 is 1.27 bits per heavy atom. The fraction of sp³-hybridized carbons (Fsp3) is 0.562. The fourth-order valence-electron chi connectivity index (χ4n) is 3.18. The third kappa shape index (κ3) is 2.90. The number of aromatic nitrogens is 1. The van der Waals surface area contributed by atoms with Crippen LogP contribution in [-0.2, 0) is 4.79 Å². The first kappa shape index (κ1) is 14.8. The minimum atomic E-state index is -0.134. The molecule has 0 aliphatic carbocycles. The van der Waals surface area contributed by atoms with Crippen molar-refractivity contribution >= 4 is 11.7 Å². The molecule has 1 aromatic heterocycles. The number of piperazine rings is 1. The average molecular weight is 299 g/mol. The van der Waals surface area contributed by atoms with Gasteiger partial charge in [0, 0.05) is 32.7 Å². The summed E-state index contributed by atoms with van der Waals surface area (Å²) in [7, 11) is 2.08. The van der Waals surface area contributed by atoms with Gasteiger partial charge in [-0.25, -0.2) is 4.98 Å². The Kier molecular flexibility index (Phi) is 4.25. The van der Waals surface area contributed by atoms with E-state index in [1.807, 2.05) is 17.0 Å². The number of carbonyl (C=O) groups excluding carboxylic acids is 1. The number of likely N-dealkylation sites (N-methyl/N-ethyl adjacent to an activating group) is 1. The van der Waals surface area contributed by atoms with E-state index in [-0.39, 0.29) is 11.9 Å². The molecule has 0 N–H and O–H groups in total. The molecule has 2 aliphatic heterocycles. The zero-order valence-electron chi connectivity index (χ0n) is 12.9. The lowest BCUT2D eigenvalue weighted by atomic mass is 10.1. The van der Waals surface area contributed by atoms with Crippen LogP contribution >= 0.6 is 0 Å². The van der Waals surface area contributed by atoms with Crippen molar-refractivity contribution in [2.75, 3.05) is 44.7 Å². The van der Waals surface area contributed by atoms with E-state index in [2.05, 4.69) is 27.9 Å². The van der Waals surface area contributed by atoms with Crippen LogP contribution in [0.15, 0.2) is 18.2 Å². The van der Waals surface area contributed by atoms with E-state index in [0.29, 0.717) is 5.69 Å². The molecule has 22 heavy (non-hydrogen) atoms. The summed E-state index contributed by atoms with van der Waals surface area (Å²) in [5, 5.41) is 9.00. The van der Waals surface area contributed by atoms with E-state index in [9.17, 15) is 4.79 Å². The zero-order chi connectivity index (χ0) is 15.5. The van der Waals surface area contributed by atoms with Crippen molar-refractivity contribution in [3.05, 3.63) is 23.9 Å². The molecule has 2 aliphatic rings. The molecule has 0 spiro atoms. The fourth-order valence-corrected chi connectivity index (χ4v) is 3.18. The number of hydrogen-bond donors (Lipinski definition) is 0. The molecule has 2 fully saturated rings. The molecule has 0 aromatic carbocycles. The van der Waals surface area contributed by atoms with Gasteiger partial charge in [-0.15, -0.1) is 0 Å². The Balaban J connectivity index is 1.75. The van der Waals surface area contributed by atoms with Gasteiger partial charge in [0.25, 0.3) is 0 Å². The number of hydrogen-bond acceptors (Lipinski definition) is 5. The SMILES string of the molecule is CN1CCN(C(=O)C2CCCN2c2cccc(C#N)n2)CC1. The lowest BCUT2D eigenvalue weighted by Gasteiger charge is -2.36. The first-order valence-corrected chi connectivity index (χ1v) is 7.80. The average Bonchev–Trinajstić information content (AvgIpc) is 3.04. The second-order valence-corrected chi connectivity index (χ2v) is 5.97. The highest BCUT2D eigenvalue weighted by Crippen LogP contribution is 2.25. The molecule has 6 nitrogen and oxygen atoms in total.